The molecule has 2 aromatic rings. The highest BCUT2D eigenvalue weighted by Crippen LogP contribution is 2.49. The number of fused-ring (bicyclic) bond motifs is 2. The number of rotatable bonds is 3. The highest BCUT2D eigenvalue weighted by atomic mass is 16.7. The van der Waals surface area contributed by atoms with Crippen molar-refractivity contribution in [3.05, 3.63) is 35.4 Å². The van der Waals surface area contributed by atoms with Gasteiger partial charge in [0.15, 0.2) is 11.5 Å². The average molecular weight is 395 g/mol. The molecule has 3 heterocycles. The number of hydrogen-bond acceptors (Lipinski definition) is 5. The second-order valence-corrected chi connectivity index (χ2v) is 8.76. The highest BCUT2D eigenvalue weighted by Gasteiger charge is 2.38. The van der Waals surface area contributed by atoms with Crippen LogP contribution in [-0.4, -0.2) is 46.7 Å². The summed E-state index contributed by atoms with van der Waals surface area (Å²) in [5, 5.41) is 0. The van der Waals surface area contributed by atoms with Crippen LogP contribution in [0.15, 0.2) is 23.7 Å². The maximum absolute atomic E-state index is 6.16. The molecular formula is C23H30N4O2. The molecule has 1 saturated carbocycles. The number of benzene rings is 1. The van der Waals surface area contributed by atoms with E-state index in [1.54, 1.807) is 0 Å². The minimum Gasteiger partial charge on any atom is -0.451 e. The fourth-order valence-electron chi connectivity index (χ4n) is 5.13. The number of imidazole rings is 1. The molecule has 0 bridgehead atoms. The lowest BCUT2D eigenvalue weighted by Crippen LogP contribution is -2.36. The summed E-state index contributed by atoms with van der Waals surface area (Å²) in [7, 11) is 4.24. The third kappa shape index (κ3) is 3.05. The van der Waals surface area contributed by atoms with Gasteiger partial charge in [0.05, 0.1) is 12.0 Å². The first-order chi connectivity index (χ1) is 14.0. The molecule has 1 aromatic carbocycles. The molecule has 1 aliphatic carbocycles. The Morgan fingerprint density at radius 2 is 1.86 bits per heavy atom. The van der Waals surface area contributed by atoms with Crippen LogP contribution in [0.2, 0.25) is 0 Å². The summed E-state index contributed by atoms with van der Waals surface area (Å²) >= 11 is 0. The van der Waals surface area contributed by atoms with Crippen LogP contribution < -0.4 is 9.47 Å². The minimum atomic E-state index is -0.283. The summed E-state index contributed by atoms with van der Waals surface area (Å²) < 4.78 is 14.4. The molecule has 0 saturated heterocycles. The summed E-state index contributed by atoms with van der Waals surface area (Å²) in [6, 6.07) is 0. The minimum absolute atomic E-state index is 0.138. The van der Waals surface area contributed by atoms with E-state index in [9.17, 15) is 0 Å². The second kappa shape index (κ2) is 7.17. The van der Waals surface area contributed by atoms with Gasteiger partial charge in [0.1, 0.15) is 6.17 Å². The van der Waals surface area contributed by atoms with Crippen molar-refractivity contribution in [3.8, 4) is 17.2 Å². The van der Waals surface area contributed by atoms with Crippen LogP contribution in [-0.2, 0) is 6.42 Å². The Kier molecular flexibility index (Phi) is 4.62. The number of nitrogens with zero attached hydrogens (tertiary/aromatic N) is 4. The van der Waals surface area contributed by atoms with Crippen molar-refractivity contribution >= 4 is 5.71 Å². The van der Waals surface area contributed by atoms with Crippen molar-refractivity contribution in [2.75, 3.05) is 14.1 Å². The first-order valence-electron chi connectivity index (χ1n) is 10.8. The van der Waals surface area contributed by atoms with Gasteiger partial charge < -0.3 is 14.0 Å². The Balaban J connectivity index is 1.76. The number of aromatic nitrogens is 2. The molecule has 0 amide bonds. The van der Waals surface area contributed by atoms with Gasteiger partial charge in [0.2, 0.25) is 6.29 Å². The molecule has 6 heteroatoms. The number of likely N-dealkylation sites (N-methyl/N-ethyl adjacent to an activating group) is 1. The predicted octanol–water partition coefficient (Wildman–Crippen LogP) is 4.11. The van der Waals surface area contributed by atoms with E-state index >= 15 is 0 Å². The summed E-state index contributed by atoms with van der Waals surface area (Å²) in [6.07, 6.45) is 12.8. The van der Waals surface area contributed by atoms with Gasteiger partial charge in [0.25, 0.3) is 0 Å². The molecule has 0 radical (unpaired) electrons. The van der Waals surface area contributed by atoms with Crippen molar-refractivity contribution in [1.29, 1.82) is 0 Å². The molecule has 2 aliphatic heterocycles. The summed E-state index contributed by atoms with van der Waals surface area (Å²) in [5.74, 6) is 2.23. The summed E-state index contributed by atoms with van der Waals surface area (Å²) in [4.78, 5) is 11.8. The molecule has 1 aromatic heterocycles. The van der Waals surface area contributed by atoms with Crippen LogP contribution in [0, 0.1) is 12.8 Å². The molecule has 2 unspecified atom stereocenters. The van der Waals surface area contributed by atoms with Crippen molar-refractivity contribution in [3.63, 3.8) is 0 Å². The van der Waals surface area contributed by atoms with E-state index in [0.29, 0.717) is 5.92 Å². The zero-order chi connectivity index (χ0) is 20.1. The summed E-state index contributed by atoms with van der Waals surface area (Å²) in [5.41, 5.74) is 6.11. The number of hydrogen-bond donors (Lipinski definition) is 0. The first-order valence-corrected chi connectivity index (χ1v) is 10.8. The standard InChI is InChI=1S/C23H30N4O2/c1-14-19-17(12-18(26(3)4)25-20(19)16-8-6-5-7-9-16)21(27-11-10-24-13-27)23-22(14)28-15(2)29-23/h10-11,13,15-16,18H,5-9,12H2,1-4H3. The SMILES string of the molecule is Cc1c2c(c(-n3ccnc3)c3c1C(C1CCCCC1)=NC(N(C)C)C3)OC(C)O2. The molecule has 0 spiro atoms. The number of aliphatic imine (C=N–C) groups is 1. The van der Waals surface area contributed by atoms with Gasteiger partial charge in [0, 0.05) is 48.5 Å². The number of ether oxygens (including phenoxy) is 2. The largest absolute Gasteiger partial charge is 0.451 e. The van der Waals surface area contributed by atoms with Crippen molar-refractivity contribution < 1.29 is 9.47 Å². The lowest BCUT2D eigenvalue weighted by Gasteiger charge is -2.35. The lowest BCUT2D eigenvalue weighted by atomic mass is 9.78. The molecular weight excluding hydrogens is 364 g/mol. The van der Waals surface area contributed by atoms with Gasteiger partial charge in [-0.15, -0.1) is 0 Å². The highest BCUT2D eigenvalue weighted by molar-refractivity contribution is 6.07. The zero-order valence-corrected chi connectivity index (χ0v) is 17.8. The Morgan fingerprint density at radius 3 is 2.55 bits per heavy atom. The molecule has 5 rings (SSSR count). The van der Waals surface area contributed by atoms with E-state index in [1.807, 2.05) is 25.6 Å². The van der Waals surface area contributed by atoms with Gasteiger partial charge in [-0.3, -0.25) is 9.89 Å². The van der Waals surface area contributed by atoms with Crippen LogP contribution in [0.4, 0.5) is 0 Å². The van der Waals surface area contributed by atoms with Crippen molar-refractivity contribution in [2.45, 2.75) is 64.8 Å². The van der Waals surface area contributed by atoms with E-state index in [1.165, 1.54) is 54.5 Å². The van der Waals surface area contributed by atoms with E-state index in [0.717, 1.165) is 23.6 Å². The van der Waals surface area contributed by atoms with Crippen molar-refractivity contribution in [2.24, 2.45) is 10.9 Å². The second-order valence-electron chi connectivity index (χ2n) is 8.76. The Bertz CT molecular complexity index is 943. The quantitative estimate of drug-likeness (QED) is 0.786. The van der Waals surface area contributed by atoms with Crippen LogP contribution >= 0.6 is 0 Å². The molecule has 29 heavy (non-hydrogen) atoms. The maximum atomic E-state index is 6.16. The van der Waals surface area contributed by atoms with E-state index in [-0.39, 0.29) is 12.5 Å². The van der Waals surface area contributed by atoms with E-state index < -0.39 is 0 Å². The molecule has 1 fully saturated rings. The Morgan fingerprint density at radius 1 is 1.10 bits per heavy atom. The molecule has 3 aliphatic rings. The molecule has 6 nitrogen and oxygen atoms in total. The summed E-state index contributed by atoms with van der Waals surface area (Å²) in [6.45, 7) is 4.12. The fraction of sp³-hybridized carbons (Fsp3) is 0.565. The zero-order valence-electron chi connectivity index (χ0n) is 17.8. The smallest absolute Gasteiger partial charge is 0.238 e. The van der Waals surface area contributed by atoms with Crippen molar-refractivity contribution in [1.82, 2.24) is 14.5 Å². The predicted molar refractivity (Wildman–Crippen MR) is 113 cm³/mol. The Hall–Kier alpha value is -2.34. The fourth-order valence-corrected chi connectivity index (χ4v) is 5.13. The molecule has 0 N–H and O–H groups in total. The van der Waals surface area contributed by atoms with Crippen LogP contribution in [0.5, 0.6) is 11.5 Å². The lowest BCUT2D eigenvalue weighted by molar-refractivity contribution is 0.0674. The van der Waals surface area contributed by atoms with Crippen LogP contribution in [0.3, 0.4) is 0 Å². The Labute approximate surface area is 172 Å². The first kappa shape index (κ1) is 18.7. The third-order valence-electron chi connectivity index (χ3n) is 6.57. The normalized spacial score (nSPS) is 24.0. The monoisotopic (exact) mass is 394 g/mol. The maximum Gasteiger partial charge on any atom is 0.238 e. The van der Waals surface area contributed by atoms with Crippen LogP contribution in [0.1, 0.15) is 55.7 Å². The van der Waals surface area contributed by atoms with Gasteiger partial charge >= 0.3 is 0 Å². The molecule has 154 valence electrons. The molecule has 2 atom stereocenters. The topological polar surface area (TPSA) is 51.9 Å². The van der Waals surface area contributed by atoms with Gasteiger partial charge in [-0.2, -0.15) is 0 Å². The van der Waals surface area contributed by atoms with Crippen LogP contribution in [0.25, 0.3) is 5.69 Å². The van der Waals surface area contributed by atoms with Gasteiger partial charge in [-0.1, -0.05) is 19.3 Å². The van der Waals surface area contributed by atoms with E-state index in [2.05, 4.69) is 35.5 Å². The van der Waals surface area contributed by atoms with E-state index in [4.69, 9.17) is 14.5 Å². The van der Waals surface area contributed by atoms with Gasteiger partial charge in [-0.25, -0.2) is 4.98 Å². The average Bonchev–Trinajstić information content (AvgIpc) is 3.38. The third-order valence-corrected chi connectivity index (χ3v) is 6.57. The van der Waals surface area contributed by atoms with Gasteiger partial charge in [-0.05, 0) is 39.4 Å².